The molecule has 1 fully saturated rings. The maximum atomic E-state index is 12.8. The number of aromatic nitrogens is 1. The van der Waals surface area contributed by atoms with E-state index in [0.717, 1.165) is 16.5 Å². The average Bonchev–Trinajstić information content (AvgIpc) is 3.16. The highest BCUT2D eigenvalue weighted by Gasteiger charge is 2.26. The van der Waals surface area contributed by atoms with E-state index in [9.17, 15) is 9.59 Å². The van der Waals surface area contributed by atoms with Crippen LogP contribution < -0.4 is 0 Å². The molecule has 3 aromatic rings. The number of ether oxygens (including phenoxy) is 1. The van der Waals surface area contributed by atoms with Crippen molar-refractivity contribution in [2.24, 2.45) is 0 Å². The number of para-hydroxylation sites is 1. The number of piperazine rings is 1. The van der Waals surface area contributed by atoms with Gasteiger partial charge >= 0.3 is 6.09 Å². The van der Waals surface area contributed by atoms with E-state index in [0.29, 0.717) is 31.7 Å². The molecule has 27 heavy (non-hydrogen) atoms. The molecular weight excluding hydrogens is 342 g/mol. The second-order valence-corrected chi connectivity index (χ2v) is 6.57. The van der Waals surface area contributed by atoms with E-state index in [-0.39, 0.29) is 18.6 Å². The molecule has 0 bridgehead atoms. The summed E-state index contributed by atoms with van der Waals surface area (Å²) < 4.78 is 5.37. The first kappa shape index (κ1) is 17.1. The normalized spacial score (nSPS) is 14.4. The van der Waals surface area contributed by atoms with Crippen molar-refractivity contribution in [1.29, 1.82) is 0 Å². The van der Waals surface area contributed by atoms with Gasteiger partial charge in [-0.25, -0.2) is 4.79 Å². The van der Waals surface area contributed by atoms with E-state index in [4.69, 9.17) is 4.74 Å². The molecule has 1 aromatic heterocycles. The topological polar surface area (TPSA) is 65.6 Å². The Morgan fingerprint density at radius 3 is 2.33 bits per heavy atom. The van der Waals surface area contributed by atoms with E-state index in [1.165, 1.54) is 0 Å². The summed E-state index contributed by atoms with van der Waals surface area (Å²) >= 11 is 0. The van der Waals surface area contributed by atoms with Gasteiger partial charge in [-0.15, -0.1) is 0 Å². The lowest BCUT2D eigenvalue weighted by atomic mass is 10.1. The number of nitrogens with zero attached hydrogens (tertiary/aromatic N) is 2. The average molecular weight is 363 g/mol. The Kier molecular flexibility index (Phi) is 4.78. The molecule has 2 aromatic carbocycles. The lowest BCUT2D eigenvalue weighted by molar-refractivity contribution is 0.0545. The minimum absolute atomic E-state index is 0.00949. The summed E-state index contributed by atoms with van der Waals surface area (Å²) in [5.41, 5.74) is 2.58. The van der Waals surface area contributed by atoms with Gasteiger partial charge in [0.1, 0.15) is 6.61 Å². The Hall–Kier alpha value is -3.28. The lowest BCUT2D eigenvalue weighted by Crippen LogP contribution is -2.50. The number of fused-ring (bicyclic) bond motifs is 1. The van der Waals surface area contributed by atoms with Crippen molar-refractivity contribution < 1.29 is 14.3 Å². The number of H-pyrrole nitrogens is 1. The van der Waals surface area contributed by atoms with Crippen LogP contribution in [-0.4, -0.2) is 53.0 Å². The quantitative estimate of drug-likeness (QED) is 0.777. The summed E-state index contributed by atoms with van der Waals surface area (Å²) in [6.45, 7) is 2.20. The van der Waals surface area contributed by atoms with Crippen LogP contribution in [0.4, 0.5) is 4.79 Å². The van der Waals surface area contributed by atoms with E-state index in [1.807, 2.05) is 54.6 Å². The summed E-state index contributed by atoms with van der Waals surface area (Å²) in [4.78, 5) is 31.7. The summed E-state index contributed by atoms with van der Waals surface area (Å²) in [7, 11) is 0. The fourth-order valence-electron chi connectivity index (χ4n) is 3.32. The molecule has 1 saturated heterocycles. The Bertz CT molecular complexity index is 943. The predicted octanol–water partition coefficient (Wildman–Crippen LogP) is 3.26. The van der Waals surface area contributed by atoms with Gasteiger partial charge in [0.15, 0.2) is 0 Å². The number of hydrogen-bond acceptors (Lipinski definition) is 3. The number of carbonyl (C=O) groups is 2. The van der Waals surface area contributed by atoms with E-state index < -0.39 is 0 Å². The Morgan fingerprint density at radius 2 is 1.56 bits per heavy atom. The number of nitrogens with one attached hydrogen (secondary N) is 1. The van der Waals surface area contributed by atoms with Crippen molar-refractivity contribution in [2.75, 3.05) is 26.2 Å². The van der Waals surface area contributed by atoms with Crippen LogP contribution in [0.25, 0.3) is 10.9 Å². The summed E-state index contributed by atoms with van der Waals surface area (Å²) in [6, 6.07) is 17.4. The largest absolute Gasteiger partial charge is 0.445 e. The van der Waals surface area contributed by atoms with E-state index in [1.54, 1.807) is 16.0 Å². The molecule has 1 aliphatic rings. The maximum Gasteiger partial charge on any atom is 0.410 e. The van der Waals surface area contributed by atoms with Gasteiger partial charge in [-0.2, -0.15) is 0 Å². The molecule has 4 rings (SSSR count). The van der Waals surface area contributed by atoms with Gasteiger partial charge in [-0.05, 0) is 11.6 Å². The summed E-state index contributed by atoms with van der Waals surface area (Å²) in [5, 5.41) is 0.923. The van der Waals surface area contributed by atoms with Crippen molar-refractivity contribution in [1.82, 2.24) is 14.8 Å². The zero-order valence-electron chi connectivity index (χ0n) is 14.9. The number of benzene rings is 2. The number of aromatic amines is 1. The Labute approximate surface area is 157 Å². The third-order valence-corrected chi connectivity index (χ3v) is 4.85. The Balaban J connectivity index is 1.33. The smallest absolute Gasteiger partial charge is 0.410 e. The second-order valence-electron chi connectivity index (χ2n) is 6.57. The van der Waals surface area contributed by atoms with Crippen molar-refractivity contribution in [3.63, 3.8) is 0 Å². The SMILES string of the molecule is O=C(OCc1ccccc1)N1CCN(C(=O)c2c[nH]c3ccccc23)CC1. The van der Waals surface area contributed by atoms with Gasteiger partial charge < -0.3 is 19.5 Å². The Morgan fingerprint density at radius 1 is 0.889 bits per heavy atom. The molecule has 0 atom stereocenters. The second kappa shape index (κ2) is 7.53. The van der Waals surface area contributed by atoms with Crippen LogP contribution in [0.1, 0.15) is 15.9 Å². The molecular formula is C21H21N3O3. The monoisotopic (exact) mass is 363 g/mol. The number of hydrogen-bond donors (Lipinski definition) is 1. The van der Waals surface area contributed by atoms with E-state index in [2.05, 4.69) is 4.98 Å². The molecule has 6 heteroatoms. The number of rotatable bonds is 3. The van der Waals surface area contributed by atoms with Gasteiger partial charge in [0.25, 0.3) is 5.91 Å². The molecule has 6 nitrogen and oxygen atoms in total. The zero-order valence-corrected chi connectivity index (χ0v) is 14.9. The van der Waals surface area contributed by atoms with Gasteiger partial charge in [-0.3, -0.25) is 4.79 Å². The highest BCUT2D eigenvalue weighted by atomic mass is 16.6. The van der Waals surface area contributed by atoms with Crippen LogP contribution in [0.15, 0.2) is 60.8 Å². The van der Waals surface area contributed by atoms with Gasteiger partial charge in [0, 0.05) is 43.3 Å². The van der Waals surface area contributed by atoms with Crippen LogP contribution in [0.5, 0.6) is 0 Å². The van der Waals surface area contributed by atoms with E-state index >= 15 is 0 Å². The molecule has 2 heterocycles. The summed E-state index contributed by atoms with van der Waals surface area (Å²) in [5.74, 6) is -0.00949. The first-order valence-corrected chi connectivity index (χ1v) is 9.03. The first-order valence-electron chi connectivity index (χ1n) is 9.03. The molecule has 2 amide bonds. The van der Waals surface area contributed by atoms with Gasteiger partial charge in [-0.1, -0.05) is 48.5 Å². The third-order valence-electron chi connectivity index (χ3n) is 4.85. The minimum Gasteiger partial charge on any atom is -0.445 e. The molecule has 0 saturated carbocycles. The number of amides is 2. The highest BCUT2D eigenvalue weighted by Crippen LogP contribution is 2.20. The zero-order chi connectivity index (χ0) is 18.6. The number of carbonyl (C=O) groups excluding carboxylic acids is 2. The molecule has 0 aliphatic carbocycles. The molecule has 138 valence electrons. The summed E-state index contributed by atoms with van der Waals surface area (Å²) in [6.07, 6.45) is 1.42. The maximum absolute atomic E-state index is 12.8. The molecule has 1 N–H and O–H groups in total. The van der Waals surface area contributed by atoms with Gasteiger partial charge in [0.05, 0.1) is 5.56 Å². The predicted molar refractivity (Wildman–Crippen MR) is 102 cm³/mol. The highest BCUT2D eigenvalue weighted by molar-refractivity contribution is 6.06. The van der Waals surface area contributed by atoms with Crippen molar-refractivity contribution in [2.45, 2.75) is 6.61 Å². The van der Waals surface area contributed by atoms with Crippen LogP contribution >= 0.6 is 0 Å². The first-order chi connectivity index (χ1) is 13.2. The third kappa shape index (κ3) is 3.65. The van der Waals surface area contributed by atoms with Gasteiger partial charge in [0.2, 0.25) is 0 Å². The van der Waals surface area contributed by atoms with Crippen LogP contribution in [0.3, 0.4) is 0 Å². The lowest BCUT2D eigenvalue weighted by Gasteiger charge is -2.34. The molecule has 0 radical (unpaired) electrons. The van der Waals surface area contributed by atoms with Crippen molar-refractivity contribution in [3.05, 3.63) is 71.9 Å². The fourth-order valence-corrected chi connectivity index (χ4v) is 3.32. The minimum atomic E-state index is -0.335. The van der Waals surface area contributed by atoms with Crippen LogP contribution in [0, 0.1) is 0 Å². The van der Waals surface area contributed by atoms with Crippen LogP contribution in [-0.2, 0) is 11.3 Å². The standard InChI is InChI=1S/C21H21N3O3/c25-20(18-14-22-19-9-5-4-8-17(18)19)23-10-12-24(13-11-23)21(26)27-15-16-6-2-1-3-7-16/h1-9,14,22H,10-13,15H2. The van der Waals surface area contributed by atoms with Crippen molar-refractivity contribution in [3.8, 4) is 0 Å². The molecule has 0 unspecified atom stereocenters. The van der Waals surface area contributed by atoms with Crippen molar-refractivity contribution >= 4 is 22.9 Å². The molecule has 1 aliphatic heterocycles. The fraction of sp³-hybridized carbons (Fsp3) is 0.238. The molecule has 0 spiro atoms. The van der Waals surface area contributed by atoms with Crippen LogP contribution in [0.2, 0.25) is 0 Å².